The summed E-state index contributed by atoms with van der Waals surface area (Å²) in [5.74, 6) is 0.824. The first-order valence-corrected chi connectivity index (χ1v) is 5.99. The van der Waals surface area contributed by atoms with Crippen molar-refractivity contribution in [2.45, 2.75) is 13.8 Å². The van der Waals surface area contributed by atoms with Crippen molar-refractivity contribution in [3.63, 3.8) is 0 Å². The van der Waals surface area contributed by atoms with Crippen molar-refractivity contribution in [1.82, 2.24) is 14.9 Å². The van der Waals surface area contributed by atoms with Crippen LogP contribution in [0, 0.1) is 0 Å². The lowest BCUT2D eigenvalue weighted by atomic mass is 10.4. The van der Waals surface area contributed by atoms with Gasteiger partial charge in [0.2, 0.25) is 0 Å². The molecule has 0 aliphatic heterocycles. The fraction of sp³-hybridized carbons (Fsp3) is 0.600. The molecular formula is C10H17BrN4. The number of anilines is 1. The van der Waals surface area contributed by atoms with Crippen LogP contribution in [0.2, 0.25) is 0 Å². The van der Waals surface area contributed by atoms with E-state index in [-0.39, 0.29) is 0 Å². The molecule has 15 heavy (non-hydrogen) atoms. The summed E-state index contributed by atoms with van der Waals surface area (Å²) in [5, 5.41) is 3.23. The average Bonchev–Trinajstić information content (AvgIpc) is 2.27. The molecule has 0 aliphatic rings. The van der Waals surface area contributed by atoms with Gasteiger partial charge in [-0.25, -0.2) is 9.97 Å². The summed E-state index contributed by atoms with van der Waals surface area (Å²) in [6.07, 6.45) is 3.42. The minimum Gasteiger partial charge on any atom is -0.368 e. The normalized spacial score (nSPS) is 10.7. The van der Waals surface area contributed by atoms with Crippen LogP contribution in [0.1, 0.15) is 13.8 Å². The number of nitrogens with zero attached hydrogens (tertiary/aromatic N) is 3. The largest absolute Gasteiger partial charge is 0.368 e. The molecule has 1 heterocycles. The summed E-state index contributed by atoms with van der Waals surface area (Å²) in [6.45, 7) is 8.45. The zero-order valence-electron chi connectivity index (χ0n) is 9.20. The fourth-order valence-corrected chi connectivity index (χ4v) is 1.49. The summed E-state index contributed by atoms with van der Waals surface area (Å²) in [6, 6.07) is 0. The van der Waals surface area contributed by atoms with Crippen LogP contribution >= 0.6 is 15.9 Å². The lowest BCUT2D eigenvalue weighted by Gasteiger charge is -2.17. The van der Waals surface area contributed by atoms with E-state index in [2.05, 4.69) is 50.0 Å². The number of hydrogen-bond donors (Lipinski definition) is 1. The molecule has 4 nitrogen and oxygen atoms in total. The van der Waals surface area contributed by atoms with Crippen LogP contribution in [0.15, 0.2) is 17.0 Å². The van der Waals surface area contributed by atoms with Gasteiger partial charge in [0.25, 0.3) is 0 Å². The van der Waals surface area contributed by atoms with Gasteiger partial charge >= 0.3 is 0 Å². The molecule has 0 saturated heterocycles. The van der Waals surface area contributed by atoms with Gasteiger partial charge in [0, 0.05) is 13.1 Å². The van der Waals surface area contributed by atoms with Gasteiger partial charge in [0.15, 0.2) is 0 Å². The standard InChI is InChI=1S/C10H17BrN4/c1-3-15(4-2)6-5-12-10-8-13-9(11)7-14-10/h7-8H,3-6H2,1-2H3,(H,12,14). The van der Waals surface area contributed by atoms with E-state index < -0.39 is 0 Å². The van der Waals surface area contributed by atoms with E-state index in [1.807, 2.05) is 0 Å². The molecule has 0 spiro atoms. The second kappa shape index (κ2) is 6.74. The second-order valence-electron chi connectivity index (χ2n) is 3.18. The summed E-state index contributed by atoms with van der Waals surface area (Å²) < 4.78 is 0.761. The fourth-order valence-electron chi connectivity index (χ4n) is 1.29. The third-order valence-corrected chi connectivity index (χ3v) is 2.66. The van der Waals surface area contributed by atoms with Crippen LogP contribution in [0.25, 0.3) is 0 Å². The number of rotatable bonds is 6. The average molecular weight is 273 g/mol. The van der Waals surface area contributed by atoms with E-state index in [1.165, 1.54) is 0 Å². The van der Waals surface area contributed by atoms with Crippen molar-refractivity contribution in [2.75, 3.05) is 31.5 Å². The predicted octanol–water partition coefficient (Wildman–Crippen LogP) is 1.99. The number of likely N-dealkylation sites (N-methyl/N-ethyl adjacent to an activating group) is 1. The third-order valence-electron chi connectivity index (χ3n) is 2.25. The minimum absolute atomic E-state index is 0.761. The molecule has 0 saturated carbocycles. The van der Waals surface area contributed by atoms with E-state index in [4.69, 9.17) is 0 Å². The molecule has 0 amide bonds. The summed E-state index contributed by atoms with van der Waals surface area (Å²) >= 11 is 3.25. The predicted molar refractivity (Wildman–Crippen MR) is 66.0 cm³/mol. The van der Waals surface area contributed by atoms with E-state index >= 15 is 0 Å². The molecule has 0 aromatic carbocycles. The Balaban J connectivity index is 2.28. The monoisotopic (exact) mass is 272 g/mol. The summed E-state index contributed by atoms with van der Waals surface area (Å²) in [5.41, 5.74) is 0. The van der Waals surface area contributed by atoms with Gasteiger partial charge in [-0.1, -0.05) is 13.8 Å². The van der Waals surface area contributed by atoms with Crippen LogP contribution in [0.3, 0.4) is 0 Å². The number of aromatic nitrogens is 2. The Bertz CT molecular complexity index is 271. The molecular weight excluding hydrogens is 256 g/mol. The SMILES string of the molecule is CCN(CC)CCNc1cnc(Br)cn1. The van der Waals surface area contributed by atoms with E-state index in [0.29, 0.717) is 0 Å². The molecule has 0 radical (unpaired) electrons. The maximum Gasteiger partial charge on any atom is 0.144 e. The maximum atomic E-state index is 4.19. The van der Waals surface area contributed by atoms with Gasteiger partial charge in [0.05, 0.1) is 12.4 Å². The van der Waals surface area contributed by atoms with Crippen molar-refractivity contribution in [2.24, 2.45) is 0 Å². The van der Waals surface area contributed by atoms with Crippen molar-refractivity contribution >= 4 is 21.7 Å². The lowest BCUT2D eigenvalue weighted by molar-refractivity contribution is 0.316. The third kappa shape index (κ3) is 4.57. The highest BCUT2D eigenvalue weighted by atomic mass is 79.9. The first-order valence-electron chi connectivity index (χ1n) is 5.20. The molecule has 0 unspecified atom stereocenters. The van der Waals surface area contributed by atoms with E-state index in [0.717, 1.165) is 36.6 Å². The molecule has 0 bridgehead atoms. The van der Waals surface area contributed by atoms with Gasteiger partial charge in [-0.3, -0.25) is 0 Å². The molecule has 1 rings (SSSR count). The Labute approximate surface area is 99.2 Å². The highest BCUT2D eigenvalue weighted by Gasteiger charge is 1.98. The van der Waals surface area contributed by atoms with Crippen molar-refractivity contribution in [3.05, 3.63) is 17.0 Å². The van der Waals surface area contributed by atoms with E-state index in [1.54, 1.807) is 12.4 Å². The Morgan fingerprint density at radius 3 is 2.53 bits per heavy atom. The topological polar surface area (TPSA) is 41.0 Å². The highest BCUT2D eigenvalue weighted by molar-refractivity contribution is 9.10. The van der Waals surface area contributed by atoms with Gasteiger partial charge in [-0.15, -0.1) is 0 Å². The quantitative estimate of drug-likeness (QED) is 0.860. The molecule has 84 valence electrons. The lowest BCUT2D eigenvalue weighted by Crippen LogP contribution is -2.28. The van der Waals surface area contributed by atoms with Gasteiger partial charge in [0.1, 0.15) is 10.4 Å². The summed E-state index contributed by atoms with van der Waals surface area (Å²) in [4.78, 5) is 10.6. The Kier molecular flexibility index (Phi) is 5.57. The molecule has 0 atom stereocenters. The van der Waals surface area contributed by atoms with Gasteiger partial charge in [-0.05, 0) is 29.0 Å². The first kappa shape index (κ1) is 12.4. The zero-order chi connectivity index (χ0) is 11.1. The van der Waals surface area contributed by atoms with Crippen molar-refractivity contribution < 1.29 is 0 Å². The Morgan fingerprint density at radius 2 is 2.00 bits per heavy atom. The molecule has 1 aromatic heterocycles. The van der Waals surface area contributed by atoms with Crippen LogP contribution in [0.5, 0.6) is 0 Å². The van der Waals surface area contributed by atoms with Crippen LogP contribution < -0.4 is 5.32 Å². The molecule has 0 fully saturated rings. The van der Waals surface area contributed by atoms with Crippen LogP contribution in [-0.4, -0.2) is 41.0 Å². The Morgan fingerprint density at radius 1 is 1.27 bits per heavy atom. The maximum absolute atomic E-state index is 4.19. The number of hydrogen-bond acceptors (Lipinski definition) is 4. The molecule has 1 aromatic rings. The van der Waals surface area contributed by atoms with Gasteiger partial charge < -0.3 is 10.2 Å². The smallest absolute Gasteiger partial charge is 0.144 e. The van der Waals surface area contributed by atoms with Crippen LogP contribution in [-0.2, 0) is 0 Å². The number of halogens is 1. The van der Waals surface area contributed by atoms with Crippen LogP contribution in [0.4, 0.5) is 5.82 Å². The second-order valence-corrected chi connectivity index (χ2v) is 3.99. The van der Waals surface area contributed by atoms with E-state index in [9.17, 15) is 0 Å². The minimum atomic E-state index is 0.761. The molecule has 0 aliphatic carbocycles. The molecule has 5 heteroatoms. The highest BCUT2D eigenvalue weighted by Crippen LogP contribution is 2.05. The first-order chi connectivity index (χ1) is 7.26. The zero-order valence-corrected chi connectivity index (χ0v) is 10.8. The van der Waals surface area contributed by atoms with Crippen molar-refractivity contribution in [1.29, 1.82) is 0 Å². The van der Waals surface area contributed by atoms with Crippen molar-refractivity contribution in [3.8, 4) is 0 Å². The molecule has 1 N–H and O–H groups in total. The van der Waals surface area contributed by atoms with Gasteiger partial charge in [-0.2, -0.15) is 0 Å². The Hall–Kier alpha value is -0.680. The number of nitrogens with one attached hydrogen (secondary N) is 1. The summed E-state index contributed by atoms with van der Waals surface area (Å²) in [7, 11) is 0.